The molecule has 0 bridgehead atoms. The van der Waals surface area contributed by atoms with E-state index in [9.17, 15) is 9.50 Å². The number of hydrogen-bond acceptors (Lipinski definition) is 3. The molecule has 0 amide bonds. The van der Waals surface area contributed by atoms with Crippen LogP contribution >= 0.6 is 0 Å². The predicted octanol–water partition coefficient (Wildman–Crippen LogP) is 2.64. The Morgan fingerprint density at radius 3 is 2.68 bits per heavy atom. The molecule has 1 aliphatic rings. The van der Waals surface area contributed by atoms with Crippen LogP contribution in [0.4, 0.5) is 4.39 Å². The Labute approximate surface area is 113 Å². The zero-order valence-electron chi connectivity index (χ0n) is 11.9. The zero-order chi connectivity index (χ0) is 14.2. The second-order valence-corrected chi connectivity index (χ2v) is 5.91. The summed E-state index contributed by atoms with van der Waals surface area (Å²) >= 11 is 0. The number of halogens is 1. The molecule has 0 saturated heterocycles. The molecule has 2 rings (SSSR count). The standard InChI is InChI=1S/C15H22FNO2/c1-9(17-13-8-14(18)15(13,2)3)10-5-6-11(16)12(7-10)19-4/h5-7,9,13-14,17-18H,8H2,1-4H3. The Morgan fingerprint density at radius 2 is 2.16 bits per heavy atom. The fraction of sp³-hybridized carbons (Fsp3) is 0.600. The van der Waals surface area contributed by atoms with Gasteiger partial charge >= 0.3 is 0 Å². The molecule has 0 spiro atoms. The van der Waals surface area contributed by atoms with Crippen molar-refractivity contribution in [3.63, 3.8) is 0 Å². The summed E-state index contributed by atoms with van der Waals surface area (Å²) in [4.78, 5) is 0. The summed E-state index contributed by atoms with van der Waals surface area (Å²) in [6.45, 7) is 6.14. The number of ether oxygens (including phenoxy) is 1. The van der Waals surface area contributed by atoms with E-state index < -0.39 is 0 Å². The van der Waals surface area contributed by atoms with Crippen LogP contribution in [0, 0.1) is 11.2 Å². The normalized spacial score (nSPS) is 26.6. The number of methoxy groups -OCH3 is 1. The Bertz CT molecular complexity index is 461. The predicted molar refractivity (Wildman–Crippen MR) is 72.7 cm³/mol. The molecule has 0 aliphatic heterocycles. The largest absolute Gasteiger partial charge is 0.494 e. The first-order chi connectivity index (χ1) is 8.86. The van der Waals surface area contributed by atoms with Gasteiger partial charge in [0.15, 0.2) is 11.6 Å². The lowest BCUT2D eigenvalue weighted by molar-refractivity contribution is -0.0754. The highest BCUT2D eigenvalue weighted by Crippen LogP contribution is 2.41. The van der Waals surface area contributed by atoms with E-state index in [-0.39, 0.29) is 35.2 Å². The van der Waals surface area contributed by atoms with Gasteiger partial charge in [0.2, 0.25) is 0 Å². The van der Waals surface area contributed by atoms with E-state index in [1.807, 2.05) is 6.92 Å². The molecular formula is C15H22FNO2. The van der Waals surface area contributed by atoms with Crippen LogP contribution in [0.25, 0.3) is 0 Å². The molecule has 3 unspecified atom stereocenters. The zero-order valence-corrected chi connectivity index (χ0v) is 11.9. The van der Waals surface area contributed by atoms with E-state index in [1.54, 1.807) is 12.1 Å². The maximum Gasteiger partial charge on any atom is 0.165 e. The molecule has 4 heteroatoms. The van der Waals surface area contributed by atoms with Gasteiger partial charge in [0.1, 0.15) is 0 Å². The monoisotopic (exact) mass is 267 g/mol. The summed E-state index contributed by atoms with van der Waals surface area (Å²) in [5.41, 5.74) is 0.869. The van der Waals surface area contributed by atoms with Gasteiger partial charge in [0, 0.05) is 17.5 Å². The van der Waals surface area contributed by atoms with Gasteiger partial charge in [0.05, 0.1) is 13.2 Å². The Kier molecular flexibility index (Phi) is 3.83. The lowest BCUT2D eigenvalue weighted by Crippen LogP contribution is -2.60. The average Bonchev–Trinajstić information content (AvgIpc) is 2.38. The lowest BCUT2D eigenvalue weighted by Gasteiger charge is -2.50. The first-order valence-corrected chi connectivity index (χ1v) is 6.63. The molecule has 106 valence electrons. The molecule has 0 heterocycles. The topological polar surface area (TPSA) is 41.5 Å². The van der Waals surface area contributed by atoms with Crippen LogP contribution < -0.4 is 10.1 Å². The van der Waals surface area contributed by atoms with Crippen LogP contribution in [-0.2, 0) is 0 Å². The Hall–Kier alpha value is -1.13. The minimum atomic E-state index is -0.349. The minimum absolute atomic E-state index is 0.0891. The summed E-state index contributed by atoms with van der Waals surface area (Å²) in [6, 6.07) is 5.26. The van der Waals surface area contributed by atoms with E-state index in [0.29, 0.717) is 0 Å². The van der Waals surface area contributed by atoms with Gasteiger partial charge in [-0.2, -0.15) is 0 Å². The van der Waals surface area contributed by atoms with E-state index in [4.69, 9.17) is 4.74 Å². The average molecular weight is 267 g/mol. The van der Waals surface area contributed by atoms with E-state index in [2.05, 4.69) is 19.2 Å². The molecule has 1 aliphatic carbocycles. The first kappa shape index (κ1) is 14.3. The van der Waals surface area contributed by atoms with E-state index in [0.717, 1.165) is 12.0 Å². The first-order valence-electron chi connectivity index (χ1n) is 6.63. The second kappa shape index (κ2) is 5.10. The van der Waals surface area contributed by atoms with Crippen LogP contribution in [-0.4, -0.2) is 24.4 Å². The number of nitrogens with one attached hydrogen (secondary N) is 1. The smallest absolute Gasteiger partial charge is 0.165 e. The number of hydrogen-bond donors (Lipinski definition) is 2. The van der Waals surface area contributed by atoms with Gasteiger partial charge in [-0.1, -0.05) is 19.9 Å². The SMILES string of the molecule is COc1cc(C(C)NC2CC(O)C2(C)C)ccc1F. The highest BCUT2D eigenvalue weighted by molar-refractivity contribution is 5.32. The van der Waals surface area contributed by atoms with Gasteiger partial charge in [0.25, 0.3) is 0 Å². The van der Waals surface area contributed by atoms with E-state index >= 15 is 0 Å². The quantitative estimate of drug-likeness (QED) is 0.881. The van der Waals surface area contributed by atoms with Crippen molar-refractivity contribution in [3.8, 4) is 5.75 Å². The Balaban J connectivity index is 2.06. The number of rotatable bonds is 4. The summed E-state index contributed by atoms with van der Waals surface area (Å²) in [5, 5.41) is 13.2. The maximum absolute atomic E-state index is 13.4. The van der Waals surface area contributed by atoms with Crippen molar-refractivity contribution in [2.24, 2.45) is 5.41 Å². The van der Waals surface area contributed by atoms with Crippen molar-refractivity contribution < 1.29 is 14.2 Å². The molecule has 0 aromatic heterocycles. The summed E-state index contributed by atoms with van der Waals surface area (Å²) in [7, 11) is 1.46. The molecule has 1 fully saturated rings. The Morgan fingerprint density at radius 1 is 1.47 bits per heavy atom. The van der Waals surface area contributed by atoms with Crippen LogP contribution in [0.2, 0.25) is 0 Å². The molecule has 19 heavy (non-hydrogen) atoms. The van der Waals surface area contributed by atoms with Crippen molar-refractivity contribution in [2.45, 2.75) is 45.4 Å². The molecule has 2 N–H and O–H groups in total. The van der Waals surface area contributed by atoms with Gasteiger partial charge in [-0.3, -0.25) is 0 Å². The van der Waals surface area contributed by atoms with Crippen LogP contribution in [0.3, 0.4) is 0 Å². The minimum Gasteiger partial charge on any atom is -0.494 e. The van der Waals surface area contributed by atoms with Crippen molar-refractivity contribution in [3.05, 3.63) is 29.6 Å². The van der Waals surface area contributed by atoms with Gasteiger partial charge in [-0.05, 0) is 31.0 Å². The summed E-state index contributed by atoms with van der Waals surface area (Å²) in [6.07, 6.45) is 0.510. The van der Waals surface area contributed by atoms with Crippen molar-refractivity contribution in [1.82, 2.24) is 5.32 Å². The molecule has 0 radical (unpaired) electrons. The van der Waals surface area contributed by atoms with Gasteiger partial charge < -0.3 is 15.2 Å². The van der Waals surface area contributed by atoms with Crippen molar-refractivity contribution in [1.29, 1.82) is 0 Å². The third-order valence-electron chi connectivity index (χ3n) is 4.34. The van der Waals surface area contributed by atoms with E-state index in [1.165, 1.54) is 13.2 Å². The summed E-state index contributed by atoms with van der Waals surface area (Å²) in [5.74, 6) is -0.0862. The highest BCUT2D eigenvalue weighted by atomic mass is 19.1. The lowest BCUT2D eigenvalue weighted by atomic mass is 9.64. The molecule has 1 aromatic rings. The van der Waals surface area contributed by atoms with Crippen molar-refractivity contribution in [2.75, 3.05) is 7.11 Å². The molecular weight excluding hydrogens is 245 g/mol. The van der Waals surface area contributed by atoms with Crippen molar-refractivity contribution >= 4 is 0 Å². The van der Waals surface area contributed by atoms with Crippen LogP contribution in [0.5, 0.6) is 5.75 Å². The van der Waals surface area contributed by atoms with Gasteiger partial charge in [-0.25, -0.2) is 4.39 Å². The number of aliphatic hydroxyl groups is 1. The molecule has 1 aromatic carbocycles. The highest BCUT2D eigenvalue weighted by Gasteiger charge is 2.47. The van der Waals surface area contributed by atoms with Crippen LogP contribution in [0.15, 0.2) is 18.2 Å². The fourth-order valence-electron chi connectivity index (χ4n) is 2.53. The second-order valence-electron chi connectivity index (χ2n) is 5.91. The third kappa shape index (κ3) is 2.60. The molecule has 3 atom stereocenters. The fourth-order valence-corrected chi connectivity index (χ4v) is 2.53. The number of aliphatic hydroxyl groups excluding tert-OH is 1. The van der Waals surface area contributed by atoms with Gasteiger partial charge in [-0.15, -0.1) is 0 Å². The number of benzene rings is 1. The molecule has 3 nitrogen and oxygen atoms in total. The third-order valence-corrected chi connectivity index (χ3v) is 4.34. The summed E-state index contributed by atoms with van der Waals surface area (Å²) < 4.78 is 18.4. The molecule has 1 saturated carbocycles. The van der Waals surface area contributed by atoms with Crippen LogP contribution in [0.1, 0.15) is 38.8 Å². The maximum atomic E-state index is 13.4.